The summed E-state index contributed by atoms with van der Waals surface area (Å²) in [5.74, 6) is 1.93. The molecule has 0 amide bonds. The van der Waals surface area contributed by atoms with Crippen LogP contribution in [-0.4, -0.2) is 34.5 Å². The molecule has 0 bridgehead atoms. The summed E-state index contributed by atoms with van der Waals surface area (Å²) in [6.45, 7) is 7.63. The lowest BCUT2D eigenvalue weighted by atomic mass is 10.3. The number of hydrogen-bond donors (Lipinski definition) is 1. The maximum Gasteiger partial charge on any atom is 0.163 e. The maximum absolute atomic E-state index is 5.68. The van der Waals surface area contributed by atoms with Crippen molar-refractivity contribution in [3.63, 3.8) is 0 Å². The summed E-state index contributed by atoms with van der Waals surface area (Å²) in [4.78, 5) is 0. The number of ether oxygens (including phenoxy) is 1. The van der Waals surface area contributed by atoms with Crippen LogP contribution in [0.1, 0.15) is 31.1 Å². The fraction of sp³-hybridized carbons (Fsp3) is 0.800. The van der Waals surface area contributed by atoms with Gasteiger partial charge in [0.1, 0.15) is 11.9 Å². The average molecular weight is 210 g/mol. The van der Waals surface area contributed by atoms with E-state index in [0.717, 1.165) is 44.3 Å². The maximum atomic E-state index is 5.68. The molecule has 1 N–H and O–H groups in total. The summed E-state index contributed by atoms with van der Waals surface area (Å²) in [6, 6.07) is 0. The third kappa shape index (κ3) is 2.18. The Labute approximate surface area is 89.8 Å². The van der Waals surface area contributed by atoms with Gasteiger partial charge in [-0.2, -0.15) is 0 Å². The molecule has 5 heteroatoms. The van der Waals surface area contributed by atoms with E-state index in [1.54, 1.807) is 0 Å². The van der Waals surface area contributed by atoms with Crippen LogP contribution in [0.4, 0.5) is 0 Å². The predicted octanol–water partition coefficient (Wildman–Crippen LogP) is 0.657. The number of nitrogens with zero attached hydrogens (tertiary/aromatic N) is 3. The van der Waals surface area contributed by atoms with Crippen molar-refractivity contribution in [3.8, 4) is 0 Å². The van der Waals surface area contributed by atoms with Crippen LogP contribution in [0.3, 0.4) is 0 Å². The summed E-state index contributed by atoms with van der Waals surface area (Å²) in [5.41, 5.74) is 0. The van der Waals surface area contributed by atoms with E-state index in [9.17, 15) is 0 Å². The second kappa shape index (κ2) is 4.72. The van der Waals surface area contributed by atoms with Crippen molar-refractivity contribution in [2.75, 3.05) is 19.7 Å². The van der Waals surface area contributed by atoms with E-state index >= 15 is 0 Å². The molecule has 1 aromatic heterocycles. The lowest BCUT2D eigenvalue weighted by Crippen LogP contribution is -2.34. The van der Waals surface area contributed by atoms with Gasteiger partial charge in [-0.15, -0.1) is 10.2 Å². The molecule has 5 nitrogen and oxygen atoms in total. The molecular weight excluding hydrogens is 192 g/mol. The second-order valence-electron chi connectivity index (χ2n) is 3.82. The average Bonchev–Trinajstić information content (AvgIpc) is 2.63. The molecule has 1 aliphatic rings. The molecule has 2 heterocycles. The predicted molar refractivity (Wildman–Crippen MR) is 56.6 cm³/mol. The standard InChI is InChI=1S/C10H18N4O/c1-3-5-14-8(2)12-13-10(14)9-7-11-4-6-15-9/h9,11H,3-7H2,1-2H3. The van der Waals surface area contributed by atoms with E-state index in [2.05, 4.69) is 27.0 Å². The molecule has 0 saturated carbocycles. The molecular formula is C10H18N4O. The summed E-state index contributed by atoms with van der Waals surface area (Å²) in [7, 11) is 0. The molecule has 84 valence electrons. The fourth-order valence-electron chi connectivity index (χ4n) is 1.87. The minimum atomic E-state index is 0.0616. The van der Waals surface area contributed by atoms with Crippen LogP contribution >= 0.6 is 0 Å². The Morgan fingerprint density at radius 2 is 2.40 bits per heavy atom. The van der Waals surface area contributed by atoms with Crippen LogP contribution in [0.25, 0.3) is 0 Å². The SMILES string of the molecule is CCCn1c(C)nnc1C1CNCCO1. The van der Waals surface area contributed by atoms with Gasteiger partial charge in [0.25, 0.3) is 0 Å². The van der Waals surface area contributed by atoms with Crippen molar-refractivity contribution in [2.24, 2.45) is 0 Å². The zero-order valence-electron chi connectivity index (χ0n) is 9.36. The first-order valence-electron chi connectivity index (χ1n) is 5.55. The highest BCUT2D eigenvalue weighted by Crippen LogP contribution is 2.17. The number of hydrogen-bond acceptors (Lipinski definition) is 4. The van der Waals surface area contributed by atoms with Crippen molar-refractivity contribution in [1.82, 2.24) is 20.1 Å². The quantitative estimate of drug-likeness (QED) is 0.796. The molecule has 0 radical (unpaired) electrons. The van der Waals surface area contributed by atoms with E-state index in [1.165, 1.54) is 0 Å². The molecule has 0 spiro atoms. The molecule has 0 aromatic carbocycles. The second-order valence-corrected chi connectivity index (χ2v) is 3.82. The molecule has 0 aliphatic carbocycles. The first-order valence-corrected chi connectivity index (χ1v) is 5.55. The molecule has 1 atom stereocenters. The lowest BCUT2D eigenvalue weighted by molar-refractivity contribution is 0.0196. The Balaban J connectivity index is 2.18. The van der Waals surface area contributed by atoms with Gasteiger partial charge in [0.05, 0.1) is 6.61 Å². The van der Waals surface area contributed by atoms with Gasteiger partial charge in [0.15, 0.2) is 5.82 Å². The fourth-order valence-corrected chi connectivity index (χ4v) is 1.87. The van der Waals surface area contributed by atoms with Crippen molar-refractivity contribution in [3.05, 3.63) is 11.6 Å². The van der Waals surface area contributed by atoms with E-state index in [0.29, 0.717) is 0 Å². The Morgan fingerprint density at radius 3 is 3.07 bits per heavy atom. The van der Waals surface area contributed by atoms with Crippen LogP contribution in [0, 0.1) is 6.92 Å². The normalized spacial score (nSPS) is 21.9. The Bertz CT molecular complexity index is 317. The van der Waals surface area contributed by atoms with Gasteiger partial charge in [0.2, 0.25) is 0 Å². The van der Waals surface area contributed by atoms with Gasteiger partial charge < -0.3 is 14.6 Å². The minimum Gasteiger partial charge on any atom is -0.368 e. The molecule has 1 unspecified atom stereocenters. The Kier molecular flexibility index (Phi) is 3.33. The summed E-state index contributed by atoms with van der Waals surface area (Å²) in [5, 5.41) is 11.6. The Morgan fingerprint density at radius 1 is 1.53 bits per heavy atom. The first-order chi connectivity index (χ1) is 7.33. The number of morpholine rings is 1. The first kappa shape index (κ1) is 10.6. The van der Waals surface area contributed by atoms with Crippen LogP contribution in [-0.2, 0) is 11.3 Å². The lowest BCUT2D eigenvalue weighted by Gasteiger charge is -2.23. The summed E-state index contributed by atoms with van der Waals surface area (Å²) in [6.07, 6.45) is 1.15. The van der Waals surface area contributed by atoms with Crippen molar-refractivity contribution >= 4 is 0 Å². The van der Waals surface area contributed by atoms with Gasteiger partial charge in [-0.05, 0) is 13.3 Å². The van der Waals surface area contributed by atoms with Gasteiger partial charge >= 0.3 is 0 Å². The molecule has 15 heavy (non-hydrogen) atoms. The van der Waals surface area contributed by atoms with Gasteiger partial charge in [0, 0.05) is 19.6 Å². The number of aromatic nitrogens is 3. The Hall–Kier alpha value is -0.940. The van der Waals surface area contributed by atoms with Gasteiger partial charge in [-0.25, -0.2) is 0 Å². The minimum absolute atomic E-state index is 0.0616. The zero-order valence-corrected chi connectivity index (χ0v) is 9.36. The molecule has 2 rings (SSSR count). The number of aryl methyl sites for hydroxylation is 1. The topological polar surface area (TPSA) is 52.0 Å². The van der Waals surface area contributed by atoms with E-state index in [-0.39, 0.29) is 6.10 Å². The van der Waals surface area contributed by atoms with Crippen LogP contribution in [0.5, 0.6) is 0 Å². The highest BCUT2D eigenvalue weighted by molar-refractivity contribution is 4.99. The number of nitrogens with one attached hydrogen (secondary N) is 1. The smallest absolute Gasteiger partial charge is 0.163 e. The summed E-state index contributed by atoms with van der Waals surface area (Å²) >= 11 is 0. The largest absolute Gasteiger partial charge is 0.368 e. The zero-order chi connectivity index (χ0) is 10.7. The van der Waals surface area contributed by atoms with Gasteiger partial charge in [-0.3, -0.25) is 0 Å². The van der Waals surface area contributed by atoms with Crippen molar-refractivity contribution < 1.29 is 4.74 Å². The molecule has 1 aromatic rings. The van der Waals surface area contributed by atoms with Crippen molar-refractivity contribution in [1.29, 1.82) is 0 Å². The molecule has 1 saturated heterocycles. The third-order valence-corrected chi connectivity index (χ3v) is 2.63. The van der Waals surface area contributed by atoms with Crippen LogP contribution in [0.2, 0.25) is 0 Å². The number of rotatable bonds is 3. The van der Waals surface area contributed by atoms with E-state index < -0.39 is 0 Å². The molecule has 1 aliphatic heterocycles. The summed E-state index contributed by atoms with van der Waals surface area (Å²) < 4.78 is 7.83. The highest BCUT2D eigenvalue weighted by Gasteiger charge is 2.22. The van der Waals surface area contributed by atoms with Gasteiger partial charge in [-0.1, -0.05) is 6.92 Å². The monoisotopic (exact) mass is 210 g/mol. The highest BCUT2D eigenvalue weighted by atomic mass is 16.5. The van der Waals surface area contributed by atoms with E-state index in [4.69, 9.17) is 4.74 Å². The van der Waals surface area contributed by atoms with Crippen molar-refractivity contribution in [2.45, 2.75) is 32.9 Å². The third-order valence-electron chi connectivity index (χ3n) is 2.63. The van der Waals surface area contributed by atoms with Crippen LogP contribution in [0.15, 0.2) is 0 Å². The van der Waals surface area contributed by atoms with E-state index in [1.807, 2.05) is 6.92 Å². The van der Waals surface area contributed by atoms with Crippen LogP contribution < -0.4 is 5.32 Å². The molecule has 1 fully saturated rings.